The van der Waals surface area contributed by atoms with Gasteiger partial charge in [-0.1, -0.05) is 24.8 Å². The SMILES string of the molecule is C=Cc1ccc2c(c1)C(=O)OC21CCC(C(=O)N(C)CCN2CCCC2)CC1. The molecule has 1 aromatic rings. The van der Waals surface area contributed by atoms with Crippen LogP contribution < -0.4 is 0 Å². The number of likely N-dealkylation sites (N-methyl/N-ethyl adjacent to an activating group) is 1. The Balaban J connectivity index is 1.37. The smallest absolute Gasteiger partial charge is 0.339 e. The Kier molecular flexibility index (Phi) is 5.28. The van der Waals surface area contributed by atoms with Crippen LogP contribution in [0.3, 0.4) is 0 Å². The van der Waals surface area contributed by atoms with E-state index in [1.165, 1.54) is 12.8 Å². The standard InChI is InChI=1S/C23H30N2O3/c1-3-17-6-7-20-19(16-17)22(27)28-23(20)10-8-18(9-11-23)21(26)24(2)14-15-25-12-4-5-13-25/h3,6-7,16,18H,1,4-5,8-15H2,2H3. The van der Waals surface area contributed by atoms with Gasteiger partial charge in [0.1, 0.15) is 5.60 Å². The van der Waals surface area contributed by atoms with Crippen LogP contribution in [0.2, 0.25) is 0 Å². The number of nitrogens with zero attached hydrogens (tertiary/aromatic N) is 2. The third-order valence-corrected chi connectivity index (χ3v) is 6.75. The first-order chi connectivity index (χ1) is 13.5. The maximum absolute atomic E-state index is 12.9. The molecule has 5 nitrogen and oxygen atoms in total. The minimum atomic E-state index is -0.545. The van der Waals surface area contributed by atoms with Gasteiger partial charge in [0.05, 0.1) is 5.56 Å². The van der Waals surface area contributed by atoms with E-state index in [1.807, 2.05) is 30.1 Å². The van der Waals surface area contributed by atoms with Crippen LogP contribution in [0.25, 0.3) is 6.08 Å². The summed E-state index contributed by atoms with van der Waals surface area (Å²) in [5.41, 5.74) is 2.02. The molecule has 1 amide bonds. The molecule has 1 saturated carbocycles. The zero-order chi connectivity index (χ0) is 19.7. The number of hydrogen-bond acceptors (Lipinski definition) is 4. The minimum absolute atomic E-state index is 0.0319. The molecule has 0 N–H and O–H groups in total. The van der Waals surface area contributed by atoms with Gasteiger partial charge in [0.25, 0.3) is 0 Å². The van der Waals surface area contributed by atoms with E-state index in [0.29, 0.717) is 5.56 Å². The van der Waals surface area contributed by atoms with Crippen LogP contribution in [0.15, 0.2) is 24.8 Å². The first kappa shape index (κ1) is 19.2. The van der Waals surface area contributed by atoms with E-state index in [1.54, 1.807) is 6.08 Å². The van der Waals surface area contributed by atoms with Crippen LogP contribution in [-0.2, 0) is 15.1 Å². The topological polar surface area (TPSA) is 49.9 Å². The van der Waals surface area contributed by atoms with E-state index in [-0.39, 0.29) is 17.8 Å². The molecule has 0 unspecified atom stereocenters. The van der Waals surface area contributed by atoms with Gasteiger partial charge in [-0.2, -0.15) is 0 Å². The molecule has 2 aliphatic heterocycles. The predicted octanol–water partition coefficient (Wildman–Crippen LogP) is 3.44. The van der Waals surface area contributed by atoms with Gasteiger partial charge in [0.15, 0.2) is 0 Å². The molecular weight excluding hydrogens is 352 g/mol. The van der Waals surface area contributed by atoms with Crippen molar-refractivity contribution in [2.75, 3.05) is 33.2 Å². The summed E-state index contributed by atoms with van der Waals surface area (Å²) in [5.74, 6) is 0.0243. The monoisotopic (exact) mass is 382 g/mol. The van der Waals surface area contributed by atoms with Crippen LogP contribution in [0, 0.1) is 5.92 Å². The Bertz CT molecular complexity index is 774. The molecule has 150 valence electrons. The molecule has 2 heterocycles. The van der Waals surface area contributed by atoms with Crippen LogP contribution >= 0.6 is 0 Å². The van der Waals surface area contributed by atoms with Gasteiger partial charge in [-0.15, -0.1) is 0 Å². The maximum atomic E-state index is 12.9. The molecule has 1 aromatic carbocycles. The highest BCUT2D eigenvalue weighted by atomic mass is 16.6. The summed E-state index contributed by atoms with van der Waals surface area (Å²) in [6.45, 7) is 7.85. The first-order valence-corrected chi connectivity index (χ1v) is 10.5. The summed E-state index contributed by atoms with van der Waals surface area (Å²) in [4.78, 5) is 29.6. The summed E-state index contributed by atoms with van der Waals surface area (Å²) < 4.78 is 5.86. The Hall–Kier alpha value is -2.14. The fourth-order valence-corrected chi connectivity index (χ4v) is 4.96. The third-order valence-electron chi connectivity index (χ3n) is 6.75. The number of rotatable bonds is 5. The third kappa shape index (κ3) is 3.48. The van der Waals surface area contributed by atoms with Gasteiger partial charge in [0, 0.05) is 31.6 Å². The Morgan fingerprint density at radius 2 is 2.04 bits per heavy atom. The van der Waals surface area contributed by atoms with Gasteiger partial charge in [-0.05, 0) is 63.2 Å². The number of ether oxygens (including phenoxy) is 1. The second-order valence-electron chi connectivity index (χ2n) is 8.48. The molecule has 1 spiro atoms. The molecule has 2 fully saturated rings. The summed E-state index contributed by atoms with van der Waals surface area (Å²) in [7, 11) is 1.92. The number of hydrogen-bond donors (Lipinski definition) is 0. The number of fused-ring (bicyclic) bond motifs is 2. The van der Waals surface area contributed by atoms with E-state index in [4.69, 9.17) is 4.74 Å². The van der Waals surface area contributed by atoms with Crippen molar-refractivity contribution in [3.63, 3.8) is 0 Å². The summed E-state index contributed by atoms with van der Waals surface area (Å²) in [6, 6.07) is 5.85. The Morgan fingerprint density at radius 3 is 2.71 bits per heavy atom. The molecule has 1 aliphatic carbocycles. The normalized spacial score (nSPS) is 26.9. The molecule has 4 rings (SSSR count). The fraction of sp³-hybridized carbons (Fsp3) is 0.565. The second kappa shape index (κ2) is 7.70. The van der Waals surface area contributed by atoms with Crippen LogP contribution in [-0.4, -0.2) is 54.9 Å². The lowest BCUT2D eigenvalue weighted by atomic mass is 9.74. The van der Waals surface area contributed by atoms with E-state index < -0.39 is 5.60 Å². The van der Waals surface area contributed by atoms with Crippen molar-refractivity contribution in [3.05, 3.63) is 41.5 Å². The van der Waals surface area contributed by atoms with Gasteiger partial charge >= 0.3 is 5.97 Å². The van der Waals surface area contributed by atoms with Crippen molar-refractivity contribution in [1.82, 2.24) is 9.80 Å². The lowest BCUT2D eigenvalue weighted by Gasteiger charge is -2.37. The zero-order valence-electron chi connectivity index (χ0n) is 16.8. The largest absolute Gasteiger partial charge is 0.451 e. The quantitative estimate of drug-likeness (QED) is 0.732. The number of likely N-dealkylation sites (tertiary alicyclic amines) is 1. The van der Waals surface area contributed by atoms with E-state index in [9.17, 15) is 9.59 Å². The molecule has 1 saturated heterocycles. The van der Waals surface area contributed by atoms with Crippen molar-refractivity contribution in [1.29, 1.82) is 0 Å². The molecule has 3 aliphatic rings. The number of carbonyl (C=O) groups is 2. The van der Waals surface area contributed by atoms with Crippen LogP contribution in [0.1, 0.15) is 60.0 Å². The van der Waals surface area contributed by atoms with E-state index in [0.717, 1.165) is 63.0 Å². The average molecular weight is 383 g/mol. The lowest BCUT2D eigenvalue weighted by Crippen LogP contribution is -2.41. The van der Waals surface area contributed by atoms with Gasteiger partial charge < -0.3 is 14.5 Å². The minimum Gasteiger partial charge on any atom is -0.451 e. The van der Waals surface area contributed by atoms with Crippen LogP contribution in [0.5, 0.6) is 0 Å². The lowest BCUT2D eigenvalue weighted by molar-refractivity contribution is -0.137. The molecule has 0 bridgehead atoms. The van der Waals surface area contributed by atoms with Crippen molar-refractivity contribution in [3.8, 4) is 0 Å². The number of carbonyl (C=O) groups excluding carboxylic acids is 2. The molecule has 0 radical (unpaired) electrons. The highest BCUT2D eigenvalue weighted by Gasteiger charge is 2.48. The molecule has 0 aromatic heterocycles. The molecule has 0 atom stereocenters. The van der Waals surface area contributed by atoms with Crippen molar-refractivity contribution < 1.29 is 14.3 Å². The van der Waals surface area contributed by atoms with Crippen molar-refractivity contribution in [2.45, 2.75) is 44.1 Å². The van der Waals surface area contributed by atoms with Gasteiger partial charge in [-0.25, -0.2) is 4.79 Å². The van der Waals surface area contributed by atoms with Gasteiger partial charge in [-0.3, -0.25) is 4.79 Å². The van der Waals surface area contributed by atoms with Crippen molar-refractivity contribution >= 4 is 18.0 Å². The highest BCUT2D eigenvalue weighted by molar-refractivity contribution is 5.95. The highest BCUT2D eigenvalue weighted by Crippen LogP contribution is 2.48. The summed E-state index contributed by atoms with van der Waals surface area (Å²) in [5, 5.41) is 0. The second-order valence-corrected chi connectivity index (χ2v) is 8.48. The summed E-state index contributed by atoms with van der Waals surface area (Å²) >= 11 is 0. The van der Waals surface area contributed by atoms with E-state index >= 15 is 0 Å². The average Bonchev–Trinajstić information content (AvgIpc) is 3.33. The number of amides is 1. The van der Waals surface area contributed by atoms with Gasteiger partial charge in [0.2, 0.25) is 5.91 Å². The number of esters is 1. The molecule has 5 heteroatoms. The zero-order valence-corrected chi connectivity index (χ0v) is 16.8. The fourth-order valence-electron chi connectivity index (χ4n) is 4.96. The van der Waals surface area contributed by atoms with Crippen molar-refractivity contribution in [2.24, 2.45) is 5.92 Å². The summed E-state index contributed by atoms with van der Waals surface area (Å²) in [6.07, 6.45) is 7.26. The molecule has 28 heavy (non-hydrogen) atoms. The van der Waals surface area contributed by atoms with Crippen LogP contribution in [0.4, 0.5) is 0 Å². The first-order valence-electron chi connectivity index (χ1n) is 10.5. The Morgan fingerprint density at radius 1 is 1.32 bits per heavy atom. The van der Waals surface area contributed by atoms with E-state index in [2.05, 4.69) is 11.5 Å². The number of benzene rings is 1. The maximum Gasteiger partial charge on any atom is 0.339 e. The Labute approximate surface area is 167 Å². The predicted molar refractivity (Wildman–Crippen MR) is 109 cm³/mol. The molecular formula is C23H30N2O3.